The molecule has 0 aliphatic carbocycles. The highest BCUT2D eigenvalue weighted by Gasteiger charge is 2.26. The molecule has 1 heterocycles. The SMILES string of the molecule is Cc1ccccc1CN1CCCC(C(=O)Nc2ccc(OC(C)C)cc2)C1. The molecule has 1 N–H and O–H groups in total. The van der Waals surface area contributed by atoms with E-state index < -0.39 is 0 Å². The summed E-state index contributed by atoms with van der Waals surface area (Å²) in [5.41, 5.74) is 3.49. The number of ether oxygens (including phenoxy) is 1. The summed E-state index contributed by atoms with van der Waals surface area (Å²) in [6.45, 7) is 8.94. The Bertz CT molecular complexity index is 755. The minimum Gasteiger partial charge on any atom is -0.491 e. The lowest BCUT2D eigenvalue weighted by Gasteiger charge is -2.32. The third-order valence-corrected chi connectivity index (χ3v) is 5.03. The van der Waals surface area contributed by atoms with Crippen molar-refractivity contribution in [1.82, 2.24) is 4.90 Å². The Labute approximate surface area is 162 Å². The van der Waals surface area contributed by atoms with Gasteiger partial charge in [-0.15, -0.1) is 0 Å². The molecule has 4 nitrogen and oxygen atoms in total. The van der Waals surface area contributed by atoms with Crippen molar-refractivity contribution >= 4 is 11.6 Å². The number of hydrogen-bond donors (Lipinski definition) is 1. The van der Waals surface area contributed by atoms with Crippen molar-refractivity contribution in [2.24, 2.45) is 5.92 Å². The number of aryl methyl sites for hydroxylation is 1. The van der Waals surface area contributed by atoms with Gasteiger partial charge in [0.15, 0.2) is 0 Å². The number of nitrogens with zero attached hydrogens (tertiary/aromatic N) is 1. The van der Waals surface area contributed by atoms with E-state index in [1.165, 1.54) is 11.1 Å². The highest BCUT2D eigenvalue weighted by molar-refractivity contribution is 5.92. The number of anilines is 1. The molecule has 2 aromatic carbocycles. The van der Waals surface area contributed by atoms with Gasteiger partial charge < -0.3 is 10.1 Å². The smallest absolute Gasteiger partial charge is 0.228 e. The molecule has 144 valence electrons. The molecule has 1 atom stereocenters. The van der Waals surface area contributed by atoms with Crippen LogP contribution in [0, 0.1) is 12.8 Å². The predicted molar refractivity (Wildman–Crippen MR) is 110 cm³/mol. The summed E-state index contributed by atoms with van der Waals surface area (Å²) < 4.78 is 5.65. The molecule has 1 saturated heterocycles. The number of piperidine rings is 1. The van der Waals surface area contributed by atoms with Gasteiger partial charge in [-0.2, -0.15) is 0 Å². The maximum atomic E-state index is 12.7. The van der Waals surface area contributed by atoms with E-state index in [1.807, 2.05) is 38.1 Å². The first-order valence-corrected chi connectivity index (χ1v) is 9.85. The highest BCUT2D eigenvalue weighted by Crippen LogP contribution is 2.22. The van der Waals surface area contributed by atoms with E-state index >= 15 is 0 Å². The fourth-order valence-electron chi connectivity index (χ4n) is 3.57. The minimum atomic E-state index is 0.0364. The molecule has 0 spiro atoms. The zero-order valence-electron chi connectivity index (χ0n) is 16.6. The standard InChI is InChI=1S/C23H30N2O2/c1-17(2)27-22-12-10-21(11-13-22)24-23(26)20-9-6-14-25(16-20)15-19-8-5-4-7-18(19)3/h4-5,7-8,10-13,17,20H,6,9,14-16H2,1-3H3,(H,24,26). The maximum Gasteiger partial charge on any atom is 0.228 e. The van der Waals surface area contributed by atoms with Gasteiger partial charge in [0, 0.05) is 18.8 Å². The molecule has 1 amide bonds. The molecule has 4 heteroatoms. The van der Waals surface area contributed by atoms with E-state index in [0.29, 0.717) is 0 Å². The van der Waals surface area contributed by atoms with E-state index in [-0.39, 0.29) is 17.9 Å². The molecular weight excluding hydrogens is 336 g/mol. The summed E-state index contributed by atoms with van der Waals surface area (Å²) in [5.74, 6) is 0.974. The molecule has 0 saturated carbocycles. The molecule has 1 aliphatic rings. The monoisotopic (exact) mass is 366 g/mol. The average Bonchev–Trinajstić information content (AvgIpc) is 2.65. The molecule has 3 rings (SSSR count). The third-order valence-electron chi connectivity index (χ3n) is 5.03. The first kappa shape index (κ1) is 19.4. The first-order valence-electron chi connectivity index (χ1n) is 9.85. The average molecular weight is 367 g/mol. The minimum absolute atomic E-state index is 0.0364. The maximum absolute atomic E-state index is 12.7. The number of rotatable bonds is 6. The summed E-state index contributed by atoms with van der Waals surface area (Å²) in [7, 11) is 0. The van der Waals surface area contributed by atoms with Crippen molar-refractivity contribution in [3.63, 3.8) is 0 Å². The largest absolute Gasteiger partial charge is 0.491 e. The van der Waals surface area contributed by atoms with Crippen molar-refractivity contribution < 1.29 is 9.53 Å². The molecule has 1 aliphatic heterocycles. The highest BCUT2D eigenvalue weighted by atomic mass is 16.5. The Kier molecular flexibility index (Phi) is 6.51. The zero-order chi connectivity index (χ0) is 19.2. The molecule has 0 radical (unpaired) electrons. The van der Waals surface area contributed by atoms with Gasteiger partial charge in [-0.3, -0.25) is 9.69 Å². The van der Waals surface area contributed by atoms with Crippen LogP contribution in [0.5, 0.6) is 5.75 Å². The number of benzene rings is 2. The van der Waals surface area contributed by atoms with Gasteiger partial charge in [0.2, 0.25) is 5.91 Å². The Hall–Kier alpha value is -2.33. The second-order valence-corrected chi connectivity index (χ2v) is 7.68. The Morgan fingerprint density at radius 3 is 2.63 bits per heavy atom. The van der Waals surface area contributed by atoms with Crippen molar-refractivity contribution in [3.8, 4) is 5.75 Å². The van der Waals surface area contributed by atoms with Gasteiger partial charge >= 0.3 is 0 Å². The van der Waals surface area contributed by atoms with E-state index in [9.17, 15) is 4.79 Å². The van der Waals surface area contributed by atoms with Crippen LogP contribution < -0.4 is 10.1 Å². The Morgan fingerprint density at radius 2 is 1.93 bits per heavy atom. The summed E-state index contributed by atoms with van der Waals surface area (Å²) in [6.07, 6.45) is 2.15. The van der Waals surface area contributed by atoms with Crippen LogP contribution >= 0.6 is 0 Å². The topological polar surface area (TPSA) is 41.6 Å². The quantitative estimate of drug-likeness (QED) is 0.810. The number of amides is 1. The molecule has 1 fully saturated rings. The molecule has 1 unspecified atom stereocenters. The van der Waals surface area contributed by atoms with Crippen LogP contribution in [0.15, 0.2) is 48.5 Å². The summed E-state index contributed by atoms with van der Waals surface area (Å²) in [6, 6.07) is 16.1. The number of carbonyl (C=O) groups is 1. The van der Waals surface area contributed by atoms with E-state index in [1.54, 1.807) is 0 Å². The summed E-state index contributed by atoms with van der Waals surface area (Å²) in [5, 5.41) is 3.07. The van der Waals surface area contributed by atoms with E-state index in [2.05, 4.69) is 41.4 Å². The molecule has 27 heavy (non-hydrogen) atoms. The van der Waals surface area contributed by atoms with Crippen LogP contribution in [-0.2, 0) is 11.3 Å². The van der Waals surface area contributed by atoms with Crippen LogP contribution in [0.3, 0.4) is 0 Å². The van der Waals surface area contributed by atoms with E-state index in [4.69, 9.17) is 4.74 Å². The van der Waals surface area contributed by atoms with E-state index in [0.717, 1.165) is 43.9 Å². The van der Waals surface area contributed by atoms with Crippen molar-refractivity contribution in [2.45, 2.75) is 46.3 Å². The Morgan fingerprint density at radius 1 is 1.19 bits per heavy atom. The first-order chi connectivity index (χ1) is 13.0. The third kappa shape index (κ3) is 5.57. The van der Waals surface area contributed by atoms with Crippen LogP contribution in [0.4, 0.5) is 5.69 Å². The van der Waals surface area contributed by atoms with Crippen molar-refractivity contribution in [2.75, 3.05) is 18.4 Å². The number of carbonyl (C=O) groups excluding carboxylic acids is 1. The lowest BCUT2D eigenvalue weighted by Crippen LogP contribution is -2.40. The summed E-state index contributed by atoms with van der Waals surface area (Å²) >= 11 is 0. The predicted octanol–water partition coefficient (Wildman–Crippen LogP) is 4.63. The lowest BCUT2D eigenvalue weighted by molar-refractivity contribution is -0.121. The fraction of sp³-hybridized carbons (Fsp3) is 0.435. The lowest BCUT2D eigenvalue weighted by atomic mass is 9.96. The molecule has 2 aromatic rings. The van der Waals surface area contributed by atoms with Crippen molar-refractivity contribution in [3.05, 3.63) is 59.7 Å². The van der Waals surface area contributed by atoms with Crippen LogP contribution in [0.1, 0.15) is 37.8 Å². The van der Waals surface area contributed by atoms with Crippen LogP contribution in [0.25, 0.3) is 0 Å². The normalized spacial score (nSPS) is 17.7. The number of nitrogens with one attached hydrogen (secondary N) is 1. The van der Waals surface area contributed by atoms with Crippen molar-refractivity contribution in [1.29, 1.82) is 0 Å². The Balaban J connectivity index is 1.56. The van der Waals surface area contributed by atoms with Crippen LogP contribution in [0.2, 0.25) is 0 Å². The second-order valence-electron chi connectivity index (χ2n) is 7.68. The fourth-order valence-corrected chi connectivity index (χ4v) is 3.57. The molecule has 0 aromatic heterocycles. The van der Waals surface area contributed by atoms with Gasteiger partial charge in [-0.25, -0.2) is 0 Å². The zero-order valence-corrected chi connectivity index (χ0v) is 16.6. The van der Waals surface area contributed by atoms with Gasteiger partial charge in [-0.05, 0) is 75.5 Å². The van der Waals surface area contributed by atoms with Gasteiger partial charge in [0.05, 0.1) is 12.0 Å². The van der Waals surface area contributed by atoms with Gasteiger partial charge in [0.25, 0.3) is 0 Å². The molecular formula is C23H30N2O2. The van der Waals surface area contributed by atoms with Gasteiger partial charge in [0.1, 0.15) is 5.75 Å². The second kappa shape index (κ2) is 9.05. The van der Waals surface area contributed by atoms with Crippen LogP contribution in [-0.4, -0.2) is 30.0 Å². The molecule has 0 bridgehead atoms. The summed E-state index contributed by atoms with van der Waals surface area (Å²) in [4.78, 5) is 15.1. The number of likely N-dealkylation sites (tertiary alicyclic amines) is 1. The number of hydrogen-bond acceptors (Lipinski definition) is 3. The van der Waals surface area contributed by atoms with Gasteiger partial charge in [-0.1, -0.05) is 24.3 Å².